The SMILES string of the molecule is CC(CCO)N(Cc1ccccc1)C(=O)c1cnn(-c2ccccc2)c1. The molecule has 1 N–H and O–H groups in total. The van der Waals surface area contributed by atoms with E-state index in [9.17, 15) is 9.90 Å². The van der Waals surface area contributed by atoms with Crippen LogP contribution in [0, 0.1) is 0 Å². The highest BCUT2D eigenvalue weighted by atomic mass is 16.3. The molecule has 1 atom stereocenters. The van der Waals surface area contributed by atoms with Gasteiger partial charge in [0.15, 0.2) is 0 Å². The molecule has 0 radical (unpaired) electrons. The zero-order chi connectivity index (χ0) is 18.4. The fourth-order valence-electron chi connectivity index (χ4n) is 2.87. The summed E-state index contributed by atoms with van der Waals surface area (Å²) >= 11 is 0. The summed E-state index contributed by atoms with van der Waals surface area (Å²) in [6.07, 6.45) is 3.88. The minimum atomic E-state index is -0.0861. The molecule has 1 amide bonds. The van der Waals surface area contributed by atoms with Crippen molar-refractivity contribution in [2.45, 2.75) is 25.9 Å². The minimum Gasteiger partial charge on any atom is -0.396 e. The van der Waals surface area contributed by atoms with E-state index in [1.807, 2.05) is 67.6 Å². The van der Waals surface area contributed by atoms with E-state index >= 15 is 0 Å². The summed E-state index contributed by atoms with van der Waals surface area (Å²) in [4.78, 5) is 14.9. The highest BCUT2D eigenvalue weighted by Crippen LogP contribution is 2.16. The molecule has 0 aliphatic rings. The molecule has 3 rings (SSSR count). The van der Waals surface area contributed by atoms with E-state index in [1.54, 1.807) is 22.0 Å². The largest absolute Gasteiger partial charge is 0.396 e. The minimum absolute atomic E-state index is 0.0447. The van der Waals surface area contributed by atoms with E-state index < -0.39 is 0 Å². The lowest BCUT2D eigenvalue weighted by Gasteiger charge is -2.28. The second kappa shape index (κ2) is 8.45. The summed E-state index contributed by atoms with van der Waals surface area (Å²) in [5, 5.41) is 13.6. The van der Waals surface area contributed by atoms with Gasteiger partial charge in [-0.1, -0.05) is 48.5 Å². The van der Waals surface area contributed by atoms with Crippen LogP contribution in [0.4, 0.5) is 0 Å². The van der Waals surface area contributed by atoms with Crippen LogP contribution in [0.25, 0.3) is 5.69 Å². The van der Waals surface area contributed by atoms with Gasteiger partial charge in [0.05, 0.1) is 17.4 Å². The van der Waals surface area contributed by atoms with Crippen molar-refractivity contribution in [3.8, 4) is 5.69 Å². The highest BCUT2D eigenvalue weighted by molar-refractivity contribution is 5.94. The second-order valence-corrected chi connectivity index (χ2v) is 6.29. The number of carbonyl (C=O) groups is 1. The van der Waals surface area contributed by atoms with E-state index in [0.717, 1.165) is 11.3 Å². The number of nitrogens with zero attached hydrogens (tertiary/aromatic N) is 3. The number of amides is 1. The zero-order valence-corrected chi connectivity index (χ0v) is 14.8. The molecule has 2 aromatic carbocycles. The lowest BCUT2D eigenvalue weighted by Crippen LogP contribution is -2.38. The maximum atomic E-state index is 13.1. The van der Waals surface area contributed by atoms with Crippen LogP contribution in [-0.4, -0.2) is 38.3 Å². The molecule has 0 spiro atoms. The zero-order valence-electron chi connectivity index (χ0n) is 14.8. The van der Waals surface area contributed by atoms with Gasteiger partial charge in [0, 0.05) is 25.4 Å². The molecule has 0 saturated heterocycles. The Morgan fingerprint density at radius 2 is 1.77 bits per heavy atom. The molecule has 26 heavy (non-hydrogen) atoms. The summed E-state index contributed by atoms with van der Waals surface area (Å²) in [5.41, 5.74) is 2.50. The van der Waals surface area contributed by atoms with Gasteiger partial charge in [-0.05, 0) is 31.0 Å². The Labute approximate surface area is 153 Å². The third kappa shape index (κ3) is 4.18. The van der Waals surface area contributed by atoms with Crippen LogP contribution in [0.5, 0.6) is 0 Å². The number of hydrogen-bond acceptors (Lipinski definition) is 3. The van der Waals surface area contributed by atoms with Crippen LogP contribution in [0.2, 0.25) is 0 Å². The number of hydrogen-bond donors (Lipinski definition) is 1. The summed E-state index contributed by atoms with van der Waals surface area (Å²) in [7, 11) is 0. The highest BCUT2D eigenvalue weighted by Gasteiger charge is 2.23. The quantitative estimate of drug-likeness (QED) is 0.712. The first kappa shape index (κ1) is 17.9. The number of carbonyl (C=O) groups excluding carboxylic acids is 1. The third-order valence-corrected chi connectivity index (χ3v) is 4.39. The van der Waals surface area contributed by atoms with Gasteiger partial charge in [-0.25, -0.2) is 4.68 Å². The van der Waals surface area contributed by atoms with E-state index in [1.165, 1.54) is 0 Å². The summed E-state index contributed by atoms with van der Waals surface area (Å²) in [6, 6.07) is 19.5. The van der Waals surface area contributed by atoms with Crippen molar-refractivity contribution < 1.29 is 9.90 Å². The topological polar surface area (TPSA) is 58.4 Å². The molecule has 1 unspecified atom stereocenters. The van der Waals surface area contributed by atoms with E-state index in [-0.39, 0.29) is 18.6 Å². The molecular formula is C21H23N3O2. The number of rotatable bonds is 7. The Bertz CT molecular complexity index is 831. The van der Waals surface area contributed by atoms with Crippen molar-refractivity contribution in [2.75, 3.05) is 6.61 Å². The first-order chi connectivity index (χ1) is 12.7. The van der Waals surface area contributed by atoms with E-state index in [2.05, 4.69) is 5.10 Å². The molecule has 1 heterocycles. The molecule has 5 heteroatoms. The molecule has 1 aromatic heterocycles. The summed E-state index contributed by atoms with van der Waals surface area (Å²) in [6.45, 7) is 2.50. The van der Waals surface area contributed by atoms with Crippen molar-refractivity contribution in [1.82, 2.24) is 14.7 Å². The first-order valence-electron chi connectivity index (χ1n) is 8.75. The molecule has 5 nitrogen and oxygen atoms in total. The molecule has 134 valence electrons. The standard InChI is InChI=1S/C21H23N3O2/c1-17(12-13-25)23(15-18-8-4-2-5-9-18)21(26)19-14-22-24(16-19)20-10-6-3-7-11-20/h2-11,14,16-17,25H,12-13,15H2,1H3. The lowest BCUT2D eigenvalue weighted by molar-refractivity contribution is 0.0648. The number of aliphatic hydroxyl groups excluding tert-OH is 1. The van der Waals surface area contributed by atoms with Gasteiger partial charge in [0.1, 0.15) is 0 Å². The Balaban J connectivity index is 1.84. The Morgan fingerprint density at radius 1 is 1.12 bits per heavy atom. The van der Waals surface area contributed by atoms with E-state index in [4.69, 9.17) is 0 Å². The Morgan fingerprint density at radius 3 is 2.42 bits per heavy atom. The molecule has 0 saturated carbocycles. The van der Waals surface area contributed by atoms with Crippen molar-refractivity contribution in [3.63, 3.8) is 0 Å². The summed E-state index contributed by atoms with van der Waals surface area (Å²) in [5.74, 6) is -0.0861. The van der Waals surface area contributed by atoms with Crippen LogP contribution in [0.3, 0.4) is 0 Å². The summed E-state index contributed by atoms with van der Waals surface area (Å²) < 4.78 is 1.70. The maximum absolute atomic E-state index is 13.1. The van der Waals surface area contributed by atoms with Gasteiger partial charge in [0.25, 0.3) is 5.91 Å². The monoisotopic (exact) mass is 349 g/mol. The van der Waals surface area contributed by atoms with Crippen molar-refractivity contribution >= 4 is 5.91 Å². The number of aliphatic hydroxyl groups is 1. The van der Waals surface area contributed by atoms with Crippen LogP contribution in [0.1, 0.15) is 29.3 Å². The van der Waals surface area contributed by atoms with Gasteiger partial charge in [-0.2, -0.15) is 5.10 Å². The van der Waals surface area contributed by atoms with Crippen LogP contribution in [-0.2, 0) is 6.54 Å². The lowest BCUT2D eigenvalue weighted by atomic mass is 10.1. The van der Waals surface area contributed by atoms with Gasteiger partial charge < -0.3 is 10.0 Å². The predicted octanol–water partition coefficient (Wildman–Crippen LogP) is 3.29. The number of benzene rings is 2. The molecule has 3 aromatic rings. The van der Waals surface area contributed by atoms with Gasteiger partial charge >= 0.3 is 0 Å². The van der Waals surface area contributed by atoms with Crippen LogP contribution >= 0.6 is 0 Å². The smallest absolute Gasteiger partial charge is 0.257 e. The molecule has 0 fully saturated rings. The van der Waals surface area contributed by atoms with Gasteiger partial charge in [-0.3, -0.25) is 4.79 Å². The molecule has 0 aliphatic heterocycles. The fraction of sp³-hybridized carbons (Fsp3) is 0.238. The van der Waals surface area contributed by atoms with Gasteiger partial charge in [0.2, 0.25) is 0 Å². The van der Waals surface area contributed by atoms with Crippen molar-refractivity contribution in [3.05, 3.63) is 84.2 Å². The average Bonchev–Trinajstić information content (AvgIpc) is 3.17. The number of para-hydroxylation sites is 1. The Hall–Kier alpha value is -2.92. The van der Waals surface area contributed by atoms with Crippen molar-refractivity contribution in [2.24, 2.45) is 0 Å². The first-order valence-corrected chi connectivity index (χ1v) is 8.75. The second-order valence-electron chi connectivity index (χ2n) is 6.29. The van der Waals surface area contributed by atoms with Gasteiger partial charge in [-0.15, -0.1) is 0 Å². The maximum Gasteiger partial charge on any atom is 0.257 e. The van der Waals surface area contributed by atoms with Crippen molar-refractivity contribution in [1.29, 1.82) is 0 Å². The third-order valence-electron chi connectivity index (χ3n) is 4.39. The predicted molar refractivity (Wildman–Crippen MR) is 101 cm³/mol. The Kier molecular flexibility index (Phi) is 5.81. The van der Waals surface area contributed by atoms with Crippen LogP contribution < -0.4 is 0 Å². The normalized spacial score (nSPS) is 11.9. The van der Waals surface area contributed by atoms with E-state index in [0.29, 0.717) is 18.5 Å². The average molecular weight is 349 g/mol. The molecule has 0 bridgehead atoms. The van der Waals surface area contributed by atoms with Crippen LogP contribution in [0.15, 0.2) is 73.1 Å². The fourth-order valence-corrected chi connectivity index (χ4v) is 2.87. The number of aromatic nitrogens is 2. The molecule has 0 aliphatic carbocycles. The molecular weight excluding hydrogens is 326 g/mol.